The van der Waals surface area contributed by atoms with Crippen LogP contribution in [0.25, 0.3) is 0 Å². The first kappa shape index (κ1) is 15.1. The molecule has 0 aliphatic rings. The molecule has 0 atom stereocenters. The number of hydrazine groups is 1. The monoisotopic (exact) mass is 291 g/mol. The van der Waals surface area contributed by atoms with Crippen LogP contribution in [0.2, 0.25) is 0 Å². The number of nitrogens with zero attached hydrogens (tertiary/aromatic N) is 1. The molecule has 8 heteroatoms. The molecule has 0 aromatic carbocycles. The smallest absolute Gasteiger partial charge is 0.275 e. The predicted molar refractivity (Wildman–Crippen MR) is 72.0 cm³/mol. The molecule has 18 heavy (non-hydrogen) atoms. The third kappa shape index (κ3) is 5.13. The van der Waals surface area contributed by atoms with E-state index in [2.05, 4.69) is 5.43 Å². The van der Waals surface area contributed by atoms with Gasteiger partial charge in [0.15, 0.2) is 0 Å². The van der Waals surface area contributed by atoms with E-state index in [9.17, 15) is 13.2 Å². The van der Waals surface area contributed by atoms with Crippen molar-refractivity contribution < 1.29 is 13.2 Å². The van der Waals surface area contributed by atoms with Crippen molar-refractivity contribution in [2.24, 2.45) is 5.84 Å². The van der Waals surface area contributed by atoms with Crippen LogP contribution in [0.15, 0.2) is 12.1 Å². The number of rotatable bonds is 6. The minimum absolute atomic E-state index is 0.130. The first-order valence-corrected chi connectivity index (χ1v) is 8.15. The van der Waals surface area contributed by atoms with E-state index in [-0.39, 0.29) is 11.7 Å². The molecule has 1 rings (SSSR count). The summed E-state index contributed by atoms with van der Waals surface area (Å²) in [5.41, 5.74) is 2.07. The van der Waals surface area contributed by atoms with Gasteiger partial charge in [0.2, 0.25) is 0 Å². The number of carbonyl (C=O) groups is 1. The van der Waals surface area contributed by atoms with Crippen molar-refractivity contribution in [2.45, 2.75) is 6.54 Å². The maximum absolute atomic E-state index is 11.3. The normalized spacial score (nSPS) is 11.8. The zero-order valence-electron chi connectivity index (χ0n) is 10.3. The molecule has 0 bridgehead atoms. The van der Waals surface area contributed by atoms with Gasteiger partial charge in [-0.15, -0.1) is 11.3 Å². The van der Waals surface area contributed by atoms with E-state index in [1.165, 1.54) is 17.6 Å². The van der Waals surface area contributed by atoms with E-state index in [0.717, 1.165) is 4.88 Å². The molecular formula is C10H17N3O3S2. The van der Waals surface area contributed by atoms with Crippen LogP contribution in [0.3, 0.4) is 0 Å². The van der Waals surface area contributed by atoms with Crippen LogP contribution in [0, 0.1) is 0 Å². The van der Waals surface area contributed by atoms with Crippen LogP contribution >= 0.6 is 11.3 Å². The highest BCUT2D eigenvalue weighted by Crippen LogP contribution is 2.17. The van der Waals surface area contributed by atoms with Crippen molar-refractivity contribution >= 4 is 27.1 Å². The maximum Gasteiger partial charge on any atom is 0.275 e. The number of thiophene rings is 1. The molecule has 0 saturated heterocycles. The number of hydrogen-bond donors (Lipinski definition) is 2. The Morgan fingerprint density at radius 3 is 2.72 bits per heavy atom. The number of sulfone groups is 1. The number of hydrogen-bond acceptors (Lipinski definition) is 6. The minimum atomic E-state index is -2.94. The lowest BCUT2D eigenvalue weighted by molar-refractivity contribution is 0.0957. The lowest BCUT2D eigenvalue weighted by Gasteiger charge is -2.14. The highest BCUT2D eigenvalue weighted by atomic mass is 32.2. The highest BCUT2D eigenvalue weighted by molar-refractivity contribution is 7.90. The summed E-state index contributed by atoms with van der Waals surface area (Å²) in [5, 5.41) is 0. The molecule has 3 N–H and O–H groups in total. The van der Waals surface area contributed by atoms with Crippen LogP contribution < -0.4 is 11.3 Å². The summed E-state index contributed by atoms with van der Waals surface area (Å²) in [4.78, 5) is 14.7. The van der Waals surface area contributed by atoms with Gasteiger partial charge in [0.25, 0.3) is 5.91 Å². The van der Waals surface area contributed by atoms with Crippen LogP contribution in [-0.4, -0.2) is 44.8 Å². The Labute approximate surface area is 111 Å². The quantitative estimate of drug-likeness (QED) is 0.431. The van der Waals surface area contributed by atoms with E-state index < -0.39 is 9.84 Å². The topological polar surface area (TPSA) is 92.5 Å². The van der Waals surface area contributed by atoms with Gasteiger partial charge in [-0.25, -0.2) is 14.3 Å². The zero-order valence-corrected chi connectivity index (χ0v) is 12.0. The fourth-order valence-corrected chi connectivity index (χ4v) is 2.96. The molecule has 0 saturated carbocycles. The van der Waals surface area contributed by atoms with Crippen molar-refractivity contribution in [1.82, 2.24) is 10.3 Å². The van der Waals surface area contributed by atoms with Crippen molar-refractivity contribution in [3.8, 4) is 0 Å². The van der Waals surface area contributed by atoms with Gasteiger partial charge in [-0.1, -0.05) is 0 Å². The third-order valence-corrected chi connectivity index (χ3v) is 4.28. The second-order valence-electron chi connectivity index (χ2n) is 4.11. The highest BCUT2D eigenvalue weighted by Gasteiger charge is 2.10. The van der Waals surface area contributed by atoms with E-state index >= 15 is 0 Å². The minimum Gasteiger partial charge on any atom is -0.300 e. The summed E-state index contributed by atoms with van der Waals surface area (Å²) in [6.07, 6.45) is 1.22. The Morgan fingerprint density at radius 2 is 2.17 bits per heavy atom. The molecule has 1 amide bonds. The number of carbonyl (C=O) groups excluding carboxylic acids is 1. The molecule has 1 aromatic rings. The number of nitrogen functional groups attached to an aromatic ring is 1. The van der Waals surface area contributed by atoms with Gasteiger partial charge in [0.1, 0.15) is 9.84 Å². The summed E-state index contributed by atoms with van der Waals surface area (Å²) in [7, 11) is -1.10. The largest absolute Gasteiger partial charge is 0.300 e. The molecule has 0 radical (unpaired) electrons. The number of nitrogens with one attached hydrogen (secondary N) is 1. The molecule has 0 fully saturated rings. The van der Waals surface area contributed by atoms with Gasteiger partial charge < -0.3 is 4.90 Å². The molecule has 1 aromatic heterocycles. The number of amides is 1. The fraction of sp³-hybridized carbons (Fsp3) is 0.500. The fourth-order valence-electron chi connectivity index (χ4n) is 1.32. The third-order valence-electron chi connectivity index (χ3n) is 2.29. The molecule has 0 aliphatic heterocycles. The molecule has 102 valence electrons. The van der Waals surface area contributed by atoms with Crippen molar-refractivity contribution in [3.05, 3.63) is 21.9 Å². The predicted octanol–water partition coefficient (Wildman–Crippen LogP) is -0.172. The zero-order chi connectivity index (χ0) is 13.8. The van der Waals surface area contributed by atoms with Crippen molar-refractivity contribution in [2.75, 3.05) is 25.6 Å². The Balaban J connectivity index is 2.52. The Morgan fingerprint density at radius 1 is 1.50 bits per heavy atom. The Kier molecular flexibility index (Phi) is 5.27. The lowest BCUT2D eigenvalue weighted by atomic mass is 10.4. The SMILES string of the molecule is CN(CCS(C)(=O)=O)Cc1ccc(C(=O)NN)s1. The summed E-state index contributed by atoms with van der Waals surface area (Å²) in [6, 6.07) is 3.54. The maximum atomic E-state index is 11.3. The molecule has 0 aliphatic carbocycles. The van der Waals surface area contributed by atoms with Gasteiger partial charge >= 0.3 is 0 Å². The number of nitrogens with two attached hydrogens (primary N) is 1. The van der Waals surface area contributed by atoms with E-state index in [1.807, 2.05) is 18.0 Å². The van der Waals surface area contributed by atoms with Gasteiger partial charge in [0.05, 0.1) is 10.6 Å². The van der Waals surface area contributed by atoms with Crippen molar-refractivity contribution in [1.29, 1.82) is 0 Å². The van der Waals surface area contributed by atoms with Crippen LogP contribution in [-0.2, 0) is 16.4 Å². The summed E-state index contributed by atoms with van der Waals surface area (Å²) >= 11 is 1.34. The van der Waals surface area contributed by atoms with E-state index in [0.29, 0.717) is 18.0 Å². The molecule has 1 heterocycles. The first-order chi connectivity index (χ1) is 8.31. The van der Waals surface area contributed by atoms with Crippen LogP contribution in [0.4, 0.5) is 0 Å². The summed E-state index contributed by atoms with van der Waals surface area (Å²) in [5.74, 6) is 4.86. The van der Waals surface area contributed by atoms with E-state index in [4.69, 9.17) is 5.84 Å². The average Bonchev–Trinajstić information content (AvgIpc) is 2.73. The molecule has 0 unspecified atom stereocenters. The molecule has 6 nitrogen and oxygen atoms in total. The Bertz CT molecular complexity index is 510. The van der Waals surface area contributed by atoms with Crippen LogP contribution in [0.5, 0.6) is 0 Å². The average molecular weight is 291 g/mol. The summed E-state index contributed by atoms with van der Waals surface area (Å²) in [6.45, 7) is 1.08. The van der Waals surface area contributed by atoms with Gasteiger partial charge in [-0.05, 0) is 19.2 Å². The van der Waals surface area contributed by atoms with Gasteiger partial charge in [-0.2, -0.15) is 0 Å². The Hall–Kier alpha value is -0.960. The second-order valence-corrected chi connectivity index (χ2v) is 7.54. The molecule has 0 spiro atoms. The lowest BCUT2D eigenvalue weighted by Crippen LogP contribution is -2.29. The first-order valence-electron chi connectivity index (χ1n) is 5.28. The van der Waals surface area contributed by atoms with Gasteiger partial charge in [0, 0.05) is 24.2 Å². The summed E-state index contributed by atoms with van der Waals surface area (Å²) < 4.78 is 22.1. The molecular weight excluding hydrogens is 274 g/mol. The second kappa shape index (κ2) is 6.28. The van der Waals surface area contributed by atoms with Gasteiger partial charge in [-0.3, -0.25) is 10.2 Å². The standard InChI is InChI=1S/C10H17N3O3S2/c1-13(5-6-18(2,15)16)7-8-3-4-9(17-8)10(14)12-11/h3-4H,5-7,11H2,1-2H3,(H,12,14). The van der Waals surface area contributed by atoms with Crippen molar-refractivity contribution in [3.63, 3.8) is 0 Å². The van der Waals surface area contributed by atoms with Crippen LogP contribution in [0.1, 0.15) is 14.5 Å². The van der Waals surface area contributed by atoms with E-state index in [1.54, 1.807) is 6.07 Å².